The monoisotopic (exact) mass is 471 g/mol. The fourth-order valence-corrected chi connectivity index (χ4v) is 5.37. The average Bonchev–Trinajstić information content (AvgIpc) is 2.84. The Balaban J connectivity index is 2.03. The predicted molar refractivity (Wildman–Crippen MR) is 149 cm³/mol. The molecule has 0 amide bonds. The van der Waals surface area contributed by atoms with E-state index in [0.29, 0.717) is 5.92 Å². The van der Waals surface area contributed by atoms with Gasteiger partial charge in [0.25, 0.3) is 0 Å². The van der Waals surface area contributed by atoms with Gasteiger partial charge in [0.2, 0.25) is 0 Å². The molecule has 1 aromatic carbocycles. The van der Waals surface area contributed by atoms with E-state index in [1.54, 1.807) is 0 Å². The smallest absolute Gasteiger partial charge is 0.0655 e. The second-order valence-electron chi connectivity index (χ2n) is 11.2. The first kappa shape index (κ1) is 27.0. The molecule has 0 fully saturated rings. The van der Waals surface area contributed by atoms with Crippen molar-refractivity contribution in [3.8, 4) is 6.07 Å². The lowest BCUT2D eigenvalue weighted by molar-refractivity contribution is -0.0397. The van der Waals surface area contributed by atoms with Gasteiger partial charge >= 0.3 is 0 Å². The van der Waals surface area contributed by atoms with Gasteiger partial charge < -0.3 is 0 Å². The quantitative estimate of drug-likeness (QED) is 0.343. The van der Waals surface area contributed by atoms with Crippen molar-refractivity contribution in [1.82, 2.24) is 10.0 Å². The first-order chi connectivity index (χ1) is 16.6. The third kappa shape index (κ3) is 5.65. The van der Waals surface area contributed by atoms with Crippen molar-refractivity contribution in [2.75, 3.05) is 0 Å². The maximum absolute atomic E-state index is 9.27. The van der Waals surface area contributed by atoms with Gasteiger partial charge in [-0.15, -0.1) is 0 Å². The zero-order valence-corrected chi connectivity index (χ0v) is 23.2. The first-order valence-corrected chi connectivity index (χ1v) is 13.5. The highest BCUT2D eigenvalue weighted by molar-refractivity contribution is 5.76. The van der Waals surface area contributed by atoms with Crippen LogP contribution in [0.2, 0.25) is 0 Å². The van der Waals surface area contributed by atoms with Crippen molar-refractivity contribution in [1.29, 1.82) is 5.26 Å². The number of allylic oxidation sites excluding steroid dienone is 4. The van der Waals surface area contributed by atoms with E-state index in [9.17, 15) is 5.26 Å². The molecular weight excluding hydrogens is 426 g/mol. The Hall–Kier alpha value is -2.57. The second-order valence-corrected chi connectivity index (χ2v) is 11.2. The lowest BCUT2D eigenvalue weighted by Crippen LogP contribution is -2.53. The van der Waals surface area contributed by atoms with Crippen LogP contribution < -0.4 is 0 Å². The minimum absolute atomic E-state index is 0.0104. The summed E-state index contributed by atoms with van der Waals surface area (Å²) in [6.07, 6.45) is 10.9. The molecule has 1 aromatic rings. The van der Waals surface area contributed by atoms with Crippen molar-refractivity contribution in [3.63, 3.8) is 0 Å². The summed E-state index contributed by atoms with van der Waals surface area (Å²) in [4.78, 5) is 0. The third-order valence-corrected chi connectivity index (χ3v) is 8.15. The molecule has 0 spiro atoms. The summed E-state index contributed by atoms with van der Waals surface area (Å²) in [7, 11) is 0. The standard InChI is InChI=1S/C32H45N3/c1-10-25(15-23(6)19-33)13-14-27-17-28-20-35(32(8,9)12-3)34-21-30(22(4)5)24(7)16-31(34)29(28)18-26(27)11-2/h16-18,21,23,25H,4,7,10-15,20H2,1-3,5-6,8-9H3. The Kier molecular flexibility index (Phi) is 8.50. The fourth-order valence-electron chi connectivity index (χ4n) is 5.37. The number of aryl methyl sites for hydroxylation is 2. The number of nitrogens with zero attached hydrogens (tertiary/aromatic N) is 3. The van der Waals surface area contributed by atoms with Crippen molar-refractivity contribution in [2.45, 2.75) is 99.1 Å². The van der Waals surface area contributed by atoms with Crippen LogP contribution in [0.5, 0.6) is 0 Å². The highest BCUT2D eigenvalue weighted by atomic mass is 15.7. The summed E-state index contributed by atoms with van der Waals surface area (Å²) in [5.41, 5.74) is 10.1. The van der Waals surface area contributed by atoms with Gasteiger partial charge in [-0.1, -0.05) is 46.4 Å². The van der Waals surface area contributed by atoms with E-state index in [2.05, 4.69) is 95.2 Å². The number of hydrogen-bond acceptors (Lipinski definition) is 3. The molecule has 0 saturated carbocycles. The van der Waals surface area contributed by atoms with Crippen LogP contribution in [-0.4, -0.2) is 15.6 Å². The number of hydrogen-bond donors (Lipinski definition) is 0. The van der Waals surface area contributed by atoms with Crippen LogP contribution in [0, 0.1) is 23.2 Å². The lowest BCUT2D eigenvalue weighted by Gasteiger charge is -2.50. The number of nitriles is 1. The minimum Gasteiger partial charge on any atom is -0.280 e. The van der Waals surface area contributed by atoms with E-state index >= 15 is 0 Å². The molecule has 2 aliphatic rings. The predicted octanol–water partition coefficient (Wildman–Crippen LogP) is 8.35. The highest BCUT2D eigenvalue weighted by Crippen LogP contribution is 2.43. The van der Waals surface area contributed by atoms with Crippen LogP contribution in [0.3, 0.4) is 0 Å². The molecule has 188 valence electrons. The largest absolute Gasteiger partial charge is 0.280 e. The van der Waals surface area contributed by atoms with Gasteiger partial charge in [0.05, 0.1) is 11.8 Å². The summed E-state index contributed by atoms with van der Waals surface area (Å²) >= 11 is 0. The number of benzene rings is 1. The Morgan fingerprint density at radius 1 is 1.20 bits per heavy atom. The summed E-state index contributed by atoms with van der Waals surface area (Å²) in [5.74, 6) is 0.736. The SMILES string of the molecule is C=C(C)C1=CN2C(=CC1=C)c1cc(CC)c(CCC(CC)CC(C)C#N)cc1CN2C(C)(C)CC. The van der Waals surface area contributed by atoms with E-state index < -0.39 is 0 Å². The van der Waals surface area contributed by atoms with Gasteiger partial charge in [-0.2, -0.15) is 5.26 Å². The average molecular weight is 472 g/mol. The molecule has 0 N–H and O–H groups in total. The molecule has 0 bridgehead atoms. The maximum Gasteiger partial charge on any atom is 0.0655 e. The van der Waals surface area contributed by atoms with Crippen molar-refractivity contribution in [3.05, 3.63) is 76.5 Å². The lowest BCUT2D eigenvalue weighted by atomic mass is 9.85. The molecule has 2 aliphatic heterocycles. The normalized spacial score (nSPS) is 17.7. The van der Waals surface area contributed by atoms with Crippen LogP contribution >= 0.6 is 0 Å². The van der Waals surface area contributed by atoms with E-state index in [4.69, 9.17) is 0 Å². The van der Waals surface area contributed by atoms with Gasteiger partial charge in [-0.25, -0.2) is 5.01 Å². The molecule has 3 heteroatoms. The number of hydrazine groups is 1. The second kappa shape index (κ2) is 11.0. The summed E-state index contributed by atoms with van der Waals surface area (Å²) in [6, 6.07) is 7.34. The number of rotatable bonds is 10. The fraction of sp³-hybridized carbons (Fsp3) is 0.531. The van der Waals surface area contributed by atoms with Gasteiger partial charge in [0, 0.05) is 35.3 Å². The molecule has 35 heavy (non-hydrogen) atoms. The Morgan fingerprint density at radius 2 is 1.91 bits per heavy atom. The van der Waals surface area contributed by atoms with Gasteiger partial charge in [-0.05, 0) is 106 Å². The minimum atomic E-state index is 0.0104. The van der Waals surface area contributed by atoms with E-state index in [1.807, 2.05) is 6.92 Å². The van der Waals surface area contributed by atoms with Crippen molar-refractivity contribution < 1.29 is 0 Å². The van der Waals surface area contributed by atoms with Gasteiger partial charge in [-0.3, -0.25) is 5.01 Å². The van der Waals surface area contributed by atoms with Crippen molar-refractivity contribution in [2.24, 2.45) is 11.8 Å². The molecular formula is C32H45N3. The zero-order chi connectivity index (χ0) is 25.9. The molecule has 3 rings (SSSR count). The molecule has 2 unspecified atom stereocenters. The molecule has 0 radical (unpaired) electrons. The highest BCUT2D eigenvalue weighted by Gasteiger charge is 2.37. The number of fused-ring (bicyclic) bond motifs is 3. The molecule has 2 heterocycles. The molecule has 0 aliphatic carbocycles. The molecule has 0 aromatic heterocycles. The van der Waals surface area contributed by atoms with Crippen LogP contribution in [-0.2, 0) is 19.4 Å². The molecule has 2 atom stereocenters. The topological polar surface area (TPSA) is 30.3 Å². The van der Waals surface area contributed by atoms with Crippen LogP contribution in [0.1, 0.15) is 96.4 Å². The Morgan fingerprint density at radius 3 is 2.49 bits per heavy atom. The van der Waals surface area contributed by atoms with E-state index in [-0.39, 0.29) is 11.5 Å². The Labute approximate surface area is 214 Å². The van der Waals surface area contributed by atoms with Crippen LogP contribution in [0.4, 0.5) is 0 Å². The maximum atomic E-state index is 9.27. The summed E-state index contributed by atoms with van der Waals surface area (Å²) in [5, 5.41) is 14.1. The zero-order valence-electron chi connectivity index (χ0n) is 23.2. The van der Waals surface area contributed by atoms with E-state index in [0.717, 1.165) is 61.8 Å². The molecule has 0 saturated heterocycles. The van der Waals surface area contributed by atoms with Crippen LogP contribution in [0.15, 0.2) is 54.3 Å². The summed E-state index contributed by atoms with van der Waals surface area (Å²) in [6.45, 7) is 25.0. The molecule has 3 nitrogen and oxygen atoms in total. The van der Waals surface area contributed by atoms with Gasteiger partial charge in [0.1, 0.15) is 0 Å². The van der Waals surface area contributed by atoms with Crippen molar-refractivity contribution >= 4 is 5.70 Å². The van der Waals surface area contributed by atoms with Gasteiger partial charge in [0.15, 0.2) is 0 Å². The first-order valence-electron chi connectivity index (χ1n) is 13.5. The Bertz CT molecular complexity index is 1080. The van der Waals surface area contributed by atoms with Crippen LogP contribution in [0.25, 0.3) is 5.70 Å². The summed E-state index contributed by atoms with van der Waals surface area (Å²) < 4.78 is 0. The van der Waals surface area contributed by atoms with E-state index in [1.165, 1.54) is 28.0 Å². The third-order valence-electron chi connectivity index (χ3n) is 8.15.